The van der Waals surface area contributed by atoms with Gasteiger partial charge in [0.05, 0.1) is 27.8 Å². The molecule has 0 aliphatic carbocycles. The lowest BCUT2D eigenvalue weighted by Crippen LogP contribution is -2.28. The van der Waals surface area contributed by atoms with Crippen LogP contribution in [0.4, 0.5) is 0 Å². The number of amides is 1. The summed E-state index contributed by atoms with van der Waals surface area (Å²) in [6.45, 7) is 0.472. The molecule has 1 aliphatic heterocycles. The molecule has 4 rings (SSSR count). The highest BCUT2D eigenvalue weighted by atomic mass is 32.2. The highest BCUT2D eigenvalue weighted by Gasteiger charge is 2.29. The number of hydrogen-bond acceptors (Lipinski definition) is 6. The number of hydrogen-bond donors (Lipinski definition) is 1. The topological polar surface area (TPSA) is 93.4 Å². The summed E-state index contributed by atoms with van der Waals surface area (Å²) in [4.78, 5) is 17.7. The largest absolute Gasteiger partial charge is 0.356 e. The third kappa shape index (κ3) is 4.36. The first kappa shape index (κ1) is 18.1. The maximum Gasteiger partial charge on any atom is 0.220 e. The quantitative estimate of drug-likeness (QED) is 0.678. The fourth-order valence-corrected chi connectivity index (χ4v) is 5.87. The van der Waals surface area contributed by atoms with Crippen molar-refractivity contribution in [1.82, 2.24) is 19.9 Å². The number of aromatic nitrogens is 3. The maximum absolute atomic E-state index is 12.0. The molecule has 0 spiro atoms. The SMILES string of the molecule is O=C(C[C@H]1CCS(=O)(=O)C1)NCCc1cc2nc(-c3cccs3)ccn2n1. The molecule has 1 atom stereocenters. The smallest absolute Gasteiger partial charge is 0.220 e. The Balaban J connectivity index is 1.32. The van der Waals surface area contributed by atoms with E-state index in [0.29, 0.717) is 19.4 Å². The van der Waals surface area contributed by atoms with Crippen molar-refractivity contribution >= 4 is 32.7 Å². The Hall–Kier alpha value is -2.26. The van der Waals surface area contributed by atoms with Gasteiger partial charge in [-0.3, -0.25) is 4.79 Å². The van der Waals surface area contributed by atoms with Gasteiger partial charge >= 0.3 is 0 Å². The predicted molar refractivity (Wildman–Crippen MR) is 104 cm³/mol. The number of thiophene rings is 1. The monoisotopic (exact) mass is 404 g/mol. The van der Waals surface area contributed by atoms with E-state index in [1.54, 1.807) is 15.9 Å². The molecule has 7 nitrogen and oxygen atoms in total. The number of carbonyl (C=O) groups excluding carboxylic acids is 1. The van der Waals surface area contributed by atoms with E-state index in [1.165, 1.54) is 0 Å². The van der Waals surface area contributed by atoms with Crippen molar-refractivity contribution in [3.05, 3.63) is 41.5 Å². The molecule has 4 heterocycles. The molecule has 0 aromatic carbocycles. The van der Waals surface area contributed by atoms with E-state index in [2.05, 4.69) is 15.4 Å². The molecule has 3 aromatic rings. The number of fused-ring (bicyclic) bond motifs is 1. The number of carbonyl (C=O) groups is 1. The minimum absolute atomic E-state index is 0.0509. The van der Waals surface area contributed by atoms with Gasteiger partial charge in [0.25, 0.3) is 0 Å². The summed E-state index contributed by atoms with van der Waals surface area (Å²) in [5.74, 6) is 0.182. The summed E-state index contributed by atoms with van der Waals surface area (Å²) in [6, 6.07) is 7.89. The van der Waals surface area contributed by atoms with Crippen LogP contribution in [0.1, 0.15) is 18.5 Å². The van der Waals surface area contributed by atoms with E-state index in [9.17, 15) is 13.2 Å². The fourth-order valence-electron chi connectivity index (χ4n) is 3.31. The molecule has 1 fully saturated rings. The van der Waals surface area contributed by atoms with Crippen LogP contribution in [0.25, 0.3) is 16.2 Å². The van der Waals surface area contributed by atoms with Gasteiger partial charge in [0.2, 0.25) is 5.91 Å². The first-order valence-electron chi connectivity index (χ1n) is 8.85. The molecular weight excluding hydrogens is 384 g/mol. The Bertz CT molecular complexity index is 1060. The molecule has 1 N–H and O–H groups in total. The first-order chi connectivity index (χ1) is 13.0. The van der Waals surface area contributed by atoms with Crippen molar-refractivity contribution in [3.63, 3.8) is 0 Å². The Kier molecular flexibility index (Phi) is 4.96. The maximum atomic E-state index is 12.0. The molecule has 0 radical (unpaired) electrons. The zero-order valence-corrected chi connectivity index (χ0v) is 16.3. The summed E-state index contributed by atoms with van der Waals surface area (Å²) >= 11 is 1.64. The molecule has 27 heavy (non-hydrogen) atoms. The second-order valence-electron chi connectivity index (χ2n) is 6.80. The second kappa shape index (κ2) is 7.40. The van der Waals surface area contributed by atoms with Crippen LogP contribution < -0.4 is 5.32 Å². The van der Waals surface area contributed by atoms with Crippen LogP contribution in [0, 0.1) is 5.92 Å². The van der Waals surface area contributed by atoms with E-state index >= 15 is 0 Å². The van der Waals surface area contributed by atoms with Gasteiger partial charge in [-0.2, -0.15) is 5.10 Å². The van der Waals surface area contributed by atoms with Crippen molar-refractivity contribution < 1.29 is 13.2 Å². The summed E-state index contributed by atoms with van der Waals surface area (Å²) in [5, 5.41) is 9.36. The Morgan fingerprint density at radius 1 is 1.37 bits per heavy atom. The Morgan fingerprint density at radius 2 is 2.26 bits per heavy atom. The fraction of sp³-hybridized carbons (Fsp3) is 0.389. The van der Waals surface area contributed by atoms with Gasteiger partial charge in [0, 0.05) is 31.6 Å². The van der Waals surface area contributed by atoms with E-state index in [1.807, 2.05) is 35.8 Å². The van der Waals surface area contributed by atoms with Crippen molar-refractivity contribution in [2.75, 3.05) is 18.1 Å². The minimum Gasteiger partial charge on any atom is -0.356 e. The highest BCUT2D eigenvalue weighted by Crippen LogP contribution is 2.23. The standard InChI is InChI=1S/C18H20N4O3S2/c23-18(10-13-5-9-27(24,25)12-13)19-6-3-14-11-17-20-15(4-7-22(17)21-14)16-2-1-8-26-16/h1-2,4,7-8,11,13H,3,5-6,9-10,12H2,(H,19,23)/t13-/m1/s1. The van der Waals surface area contributed by atoms with Crippen LogP contribution in [-0.2, 0) is 21.1 Å². The number of sulfone groups is 1. The van der Waals surface area contributed by atoms with Gasteiger partial charge in [0.1, 0.15) is 0 Å². The number of rotatable bonds is 6. The molecule has 3 aromatic heterocycles. The lowest BCUT2D eigenvalue weighted by Gasteiger charge is -2.07. The minimum atomic E-state index is -2.94. The normalized spacial score (nSPS) is 18.7. The van der Waals surface area contributed by atoms with Gasteiger partial charge < -0.3 is 5.32 Å². The number of nitrogens with zero attached hydrogens (tertiary/aromatic N) is 3. The number of nitrogens with one attached hydrogen (secondary N) is 1. The van der Waals surface area contributed by atoms with Crippen LogP contribution in [0.15, 0.2) is 35.8 Å². The van der Waals surface area contributed by atoms with E-state index in [-0.39, 0.29) is 29.8 Å². The van der Waals surface area contributed by atoms with Gasteiger partial charge in [-0.25, -0.2) is 17.9 Å². The zero-order chi connectivity index (χ0) is 18.9. The molecule has 1 aliphatic rings. The molecule has 9 heteroatoms. The Labute approximate surface area is 161 Å². The summed E-state index contributed by atoms with van der Waals surface area (Å²) < 4.78 is 24.7. The molecule has 0 saturated carbocycles. The lowest BCUT2D eigenvalue weighted by molar-refractivity contribution is -0.121. The van der Waals surface area contributed by atoms with Crippen LogP contribution in [0.3, 0.4) is 0 Å². The lowest BCUT2D eigenvalue weighted by atomic mass is 10.1. The zero-order valence-electron chi connectivity index (χ0n) is 14.7. The van der Waals surface area contributed by atoms with Crippen molar-refractivity contribution in [2.45, 2.75) is 19.3 Å². The highest BCUT2D eigenvalue weighted by molar-refractivity contribution is 7.91. The average Bonchev–Trinajstić information content (AvgIpc) is 3.33. The summed E-state index contributed by atoms with van der Waals surface area (Å²) in [5.41, 5.74) is 2.55. The average molecular weight is 405 g/mol. The van der Waals surface area contributed by atoms with Crippen molar-refractivity contribution in [1.29, 1.82) is 0 Å². The molecule has 1 saturated heterocycles. The van der Waals surface area contributed by atoms with E-state index < -0.39 is 9.84 Å². The van der Waals surface area contributed by atoms with E-state index in [0.717, 1.165) is 21.9 Å². The second-order valence-corrected chi connectivity index (χ2v) is 9.98. The van der Waals surface area contributed by atoms with Crippen LogP contribution in [0.5, 0.6) is 0 Å². The summed E-state index contributed by atoms with van der Waals surface area (Å²) in [7, 11) is -2.94. The van der Waals surface area contributed by atoms with Crippen LogP contribution in [-0.4, -0.2) is 47.0 Å². The Morgan fingerprint density at radius 3 is 3.00 bits per heavy atom. The first-order valence-corrected chi connectivity index (χ1v) is 11.5. The van der Waals surface area contributed by atoms with Crippen LogP contribution in [0.2, 0.25) is 0 Å². The van der Waals surface area contributed by atoms with Gasteiger partial charge in [-0.15, -0.1) is 11.3 Å². The molecule has 142 valence electrons. The van der Waals surface area contributed by atoms with Crippen molar-refractivity contribution in [2.24, 2.45) is 5.92 Å². The van der Waals surface area contributed by atoms with Gasteiger partial charge in [0.15, 0.2) is 15.5 Å². The molecule has 1 amide bonds. The molecule has 0 bridgehead atoms. The third-order valence-electron chi connectivity index (χ3n) is 4.65. The molecular formula is C18H20N4O3S2. The third-order valence-corrected chi connectivity index (χ3v) is 7.38. The van der Waals surface area contributed by atoms with Crippen LogP contribution >= 0.6 is 11.3 Å². The van der Waals surface area contributed by atoms with E-state index in [4.69, 9.17) is 0 Å². The van der Waals surface area contributed by atoms with Gasteiger partial charge in [-0.05, 0) is 29.9 Å². The predicted octanol–water partition coefficient (Wildman–Crippen LogP) is 1.94. The summed E-state index contributed by atoms with van der Waals surface area (Å²) in [6.07, 6.45) is 3.35. The van der Waals surface area contributed by atoms with Gasteiger partial charge in [-0.1, -0.05) is 6.07 Å². The molecule has 0 unspecified atom stereocenters. The van der Waals surface area contributed by atoms with Crippen molar-refractivity contribution in [3.8, 4) is 10.6 Å².